The minimum absolute atomic E-state index is 0.475. The first-order valence-electron chi connectivity index (χ1n) is 6.18. The number of rotatable bonds is 5. The van der Waals surface area contributed by atoms with E-state index in [0.717, 1.165) is 11.3 Å². The molecule has 19 heavy (non-hydrogen) atoms. The molecule has 0 amide bonds. The lowest BCUT2D eigenvalue weighted by atomic mass is 10.1. The highest BCUT2D eigenvalue weighted by Crippen LogP contribution is 2.26. The minimum Gasteiger partial charge on any atom is -0.497 e. The third kappa shape index (κ3) is 3.08. The van der Waals surface area contributed by atoms with Crippen LogP contribution in [0.4, 0.5) is 0 Å². The molecule has 0 saturated carbocycles. The maximum absolute atomic E-state index is 10.3. The van der Waals surface area contributed by atoms with E-state index in [1.807, 2.05) is 31.2 Å². The van der Waals surface area contributed by atoms with Crippen molar-refractivity contribution in [3.8, 4) is 5.75 Å². The molecule has 2 aromatic rings. The lowest BCUT2D eigenvalue weighted by Gasteiger charge is -2.13. The van der Waals surface area contributed by atoms with Gasteiger partial charge in [0.05, 0.1) is 24.0 Å². The Hall–Kier alpha value is -1.52. The van der Waals surface area contributed by atoms with Crippen LogP contribution in [0.5, 0.6) is 5.75 Å². The van der Waals surface area contributed by atoms with E-state index < -0.39 is 6.10 Å². The van der Waals surface area contributed by atoms with Gasteiger partial charge in [-0.15, -0.1) is 0 Å². The van der Waals surface area contributed by atoms with Crippen LogP contribution < -0.4 is 4.74 Å². The summed E-state index contributed by atoms with van der Waals surface area (Å²) in [6.45, 7) is 2.64. The zero-order valence-electron chi connectivity index (χ0n) is 11.0. The second-order valence-corrected chi connectivity index (χ2v) is 4.67. The fourth-order valence-corrected chi connectivity index (χ4v) is 2.34. The number of benzene rings is 1. The lowest BCUT2D eigenvalue weighted by molar-refractivity contribution is 0.167. The number of methoxy groups -OCH3 is 1. The largest absolute Gasteiger partial charge is 0.497 e. The van der Waals surface area contributed by atoms with Crippen molar-refractivity contribution in [1.29, 1.82) is 0 Å². The quantitative estimate of drug-likeness (QED) is 0.916. The smallest absolute Gasteiger partial charge is 0.119 e. The molecule has 1 aromatic carbocycles. The predicted molar refractivity (Wildman–Crippen MR) is 74.6 cm³/mol. The van der Waals surface area contributed by atoms with E-state index in [2.05, 4.69) is 5.10 Å². The first-order chi connectivity index (χ1) is 9.15. The maximum Gasteiger partial charge on any atom is 0.119 e. The van der Waals surface area contributed by atoms with Crippen molar-refractivity contribution in [2.24, 2.45) is 0 Å². The molecular formula is C14H17ClN2O2. The molecule has 1 N–H and O–H groups in total. The number of ether oxygens (including phenoxy) is 1. The van der Waals surface area contributed by atoms with Crippen molar-refractivity contribution in [3.63, 3.8) is 0 Å². The first-order valence-corrected chi connectivity index (χ1v) is 6.55. The van der Waals surface area contributed by atoms with Crippen molar-refractivity contribution < 1.29 is 9.84 Å². The molecule has 0 aliphatic carbocycles. The summed E-state index contributed by atoms with van der Waals surface area (Å²) in [6.07, 6.45) is 1.36. The number of aryl methyl sites for hydroxylation is 1. The van der Waals surface area contributed by atoms with E-state index in [4.69, 9.17) is 16.3 Å². The summed E-state index contributed by atoms with van der Waals surface area (Å²) in [4.78, 5) is 0. The molecule has 0 spiro atoms. The van der Waals surface area contributed by atoms with Gasteiger partial charge in [0, 0.05) is 13.0 Å². The second kappa shape index (κ2) is 6.08. The standard InChI is InChI=1S/C14H17ClN2O2/c1-3-17-14(12(15)9-16-17)13(18)8-10-5-4-6-11(7-10)19-2/h4-7,9,13,18H,3,8H2,1-2H3. The van der Waals surface area contributed by atoms with E-state index in [0.29, 0.717) is 23.7 Å². The third-order valence-electron chi connectivity index (χ3n) is 3.01. The van der Waals surface area contributed by atoms with Gasteiger partial charge in [-0.3, -0.25) is 4.68 Å². The van der Waals surface area contributed by atoms with Gasteiger partial charge in [0.15, 0.2) is 0 Å². The van der Waals surface area contributed by atoms with E-state index in [1.165, 1.54) is 0 Å². The fraction of sp³-hybridized carbons (Fsp3) is 0.357. The van der Waals surface area contributed by atoms with E-state index in [-0.39, 0.29) is 0 Å². The second-order valence-electron chi connectivity index (χ2n) is 4.26. The van der Waals surface area contributed by atoms with Crippen LogP contribution in [0.3, 0.4) is 0 Å². The average Bonchev–Trinajstić information content (AvgIpc) is 2.80. The van der Waals surface area contributed by atoms with Crippen LogP contribution in [0, 0.1) is 0 Å². The van der Waals surface area contributed by atoms with E-state index >= 15 is 0 Å². The average molecular weight is 281 g/mol. The minimum atomic E-state index is -0.679. The van der Waals surface area contributed by atoms with Crippen LogP contribution in [0.2, 0.25) is 5.02 Å². The molecule has 2 rings (SSSR count). The molecule has 102 valence electrons. The number of aromatic nitrogens is 2. The van der Waals surface area contributed by atoms with Crippen molar-refractivity contribution in [1.82, 2.24) is 9.78 Å². The molecule has 1 aromatic heterocycles. The fourth-order valence-electron chi connectivity index (χ4n) is 2.07. The molecule has 1 atom stereocenters. The molecule has 0 aliphatic heterocycles. The van der Waals surface area contributed by atoms with Crippen molar-refractivity contribution in [2.45, 2.75) is 26.0 Å². The van der Waals surface area contributed by atoms with Crippen molar-refractivity contribution in [2.75, 3.05) is 7.11 Å². The Morgan fingerprint density at radius 3 is 2.95 bits per heavy atom. The van der Waals surface area contributed by atoms with Crippen LogP contribution in [0.1, 0.15) is 24.3 Å². The summed E-state index contributed by atoms with van der Waals surface area (Å²) in [7, 11) is 1.62. The van der Waals surface area contributed by atoms with E-state index in [9.17, 15) is 5.11 Å². The molecule has 1 heterocycles. The SMILES string of the molecule is CCn1ncc(Cl)c1C(O)Cc1cccc(OC)c1. The third-order valence-corrected chi connectivity index (χ3v) is 3.30. The van der Waals surface area contributed by atoms with Gasteiger partial charge in [0.2, 0.25) is 0 Å². The number of aliphatic hydroxyl groups excluding tert-OH is 1. The van der Waals surface area contributed by atoms with E-state index in [1.54, 1.807) is 18.0 Å². The molecular weight excluding hydrogens is 264 g/mol. The van der Waals surface area contributed by atoms with Crippen LogP contribution >= 0.6 is 11.6 Å². The molecule has 0 aliphatic rings. The van der Waals surface area contributed by atoms with Gasteiger partial charge in [0.25, 0.3) is 0 Å². The Morgan fingerprint density at radius 1 is 1.47 bits per heavy atom. The number of nitrogens with zero attached hydrogens (tertiary/aromatic N) is 2. The zero-order chi connectivity index (χ0) is 13.8. The van der Waals surface area contributed by atoms with Crippen molar-refractivity contribution in [3.05, 3.63) is 46.7 Å². The predicted octanol–water partition coefficient (Wildman–Crippen LogP) is 2.84. The number of hydrogen-bond acceptors (Lipinski definition) is 3. The Morgan fingerprint density at radius 2 is 2.26 bits per heavy atom. The molecule has 0 bridgehead atoms. The summed E-state index contributed by atoms with van der Waals surface area (Å²) in [5.41, 5.74) is 1.65. The normalized spacial score (nSPS) is 12.4. The summed E-state index contributed by atoms with van der Waals surface area (Å²) in [5, 5.41) is 15.0. The topological polar surface area (TPSA) is 47.3 Å². The van der Waals surface area contributed by atoms with Crippen LogP contribution in [-0.4, -0.2) is 22.0 Å². The number of hydrogen-bond donors (Lipinski definition) is 1. The van der Waals surface area contributed by atoms with Gasteiger partial charge in [-0.05, 0) is 24.6 Å². The highest BCUT2D eigenvalue weighted by molar-refractivity contribution is 6.31. The van der Waals surface area contributed by atoms with Crippen molar-refractivity contribution >= 4 is 11.6 Å². The first kappa shape index (κ1) is 13.9. The molecule has 4 nitrogen and oxygen atoms in total. The van der Waals surface area contributed by atoms with Crippen LogP contribution in [0.15, 0.2) is 30.5 Å². The zero-order valence-corrected chi connectivity index (χ0v) is 11.8. The van der Waals surface area contributed by atoms with Gasteiger partial charge in [0.1, 0.15) is 11.9 Å². The summed E-state index contributed by atoms with van der Waals surface area (Å²) in [5.74, 6) is 0.778. The Kier molecular flexibility index (Phi) is 4.45. The number of aliphatic hydroxyl groups is 1. The highest BCUT2D eigenvalue weighted by atomic mass is 35.5. The van der Waals surface area contributed by atoms with Gasteiger partial charge in [-0.25, -0.2) is 0 Å². The lowest BCUT2D eigenvalue weighted by Crippen LogP contribution is -2.10. The Labute approximate surface area is 117 Å². The monoisotopic (exact) mass is 280 g/mol. The maximum atomic E-state index is 10.3. The molecule has 0 saturated heterocycles. The molecule has 0 fully saturated rings. The van der Waals surface area contributed by atoms with Crippen LogP contribution in [0.25, 0.3) is 0 Å². The molecule has 1 unspecified atom stereocenters. The van der Waals surface area contributed by atoms with Crippen LogP contribution in [-0.2, 0) is 13.0 Å². The van der Waals surface area contributed by atoms with Gasteiger partial charge < -0.3 is 9.84 Å². The summed E-state index contributed by atoms with van der Waals surface area (Å²) >= 11 is 6.08. The number of halogens is 1. The van der Waals surface area contributed by atoms with Gasteiger partial charge >= 0.3 is 0 Å². The molecule has 5 heteroatoms. The summed E-state index contributed by atoms with van der Waals surface area (Å²) < 4.78 is 6.89. The Bertz CT molecular complexity index is 554. The van der Waals surface area contributed by atoms with Gasteiger partial charge in [-0.1, -0.05) is 23.7 Å². The summed E-state index contributed by atoms with van der Waals surface area (Å²) in [6, 6.07) is 7.63. The molecule has 0 radical (unpaired) electrons. The Balaban J connectivity index is 2.20. The highest BCUT2D eigenvalue weighted by Gasteiger charge is 2.18. The van der Waals surface area contributed by atoms with Gasteiger partial charge in [-0.2, -0.15) is 5.10 Å².